The van der Waals surface area contributed by atoms with Gasteiger partial charge in [-0.15, -0.1) is 0 Å². The van der Waals surface area contributed by atoms with Crippen LogP contribution in [0.4, 0.5) is 0 Å². The van der Waals surface area contributed by atoms with Crippen LogP contribution in [0.5, 0.6) is 0 Å². The molecule has 0 spiro atoms. The van der Waals surface area contributed by atoms with Crippen LogP contribution in [0.2, 0.25) is 5.02 Å². The van der Waals surface area contributed by atoms with E-state index in [0.717, 1.165) is 37.5 Å². The van der Waals surface area contributed by atoms with E-state index in [1.54, 1.807) is 0 Å². The predicted molar refractivity (Wildman–Crippen MR) is 80.0 cm³/mol. The van der Waals surface area contributed by atoms with Gasteiger partial charge >= 0.3 is 0 Å². The van der Waals surface area contributed by atoms with Crippen LogP contribution in [-0.2, 0) is 15.5 Å². The predicted octanol–water partition coefficient (Wildman–Crippen LogP) is 2.63. The molecule has 0 bridgehead atoms. The molecule has 0 amide bonds. The molecular formula is C14H17ClNO3S-. The molecule has 0 saturated carbocycles. The first-order valence-corrected chi connectivity index (χ1v) is 7.93. The van der Waals surface area contributed by atoms with Gasteiger partial charge in [0.05, 0.1) is 18.0 Å². The maximum absolute atomic E-state index is 10.2. The highest BCUT2D eigenvalue weighted by Gasteiger charge is 2.12. The van der Waals surface area contributed by atoms with E-state index in [0.29, 0.717) is 0 Å². The molecular weight excluding hydrogens is 298 g/mol. The van der Waals surface area contributed by atoms with Gasteiger partial charge in [0.1, 0.15) is 0 Å². The van der Waals surface area contributed by atoms with Gasteiger partial charge < -0.3 is 8.74 Å². The Morgan fingerprint density at radius 2 is 2.10 bits per heavy atom. The summed E-state index contributed by atoms with van der Waals surface area (Å²) < 4.78 is 24.9. The molecule has 1 heterocycles. The number of hydrogen-bond acceptors (Lipinski definition) is 4. The van der Waals surface area contributed by atoms with Crippen LogP contribution < -0.4 is 0 Å². The van der Waals surface area contributed by atoms with Gasteiger partial charge in [-0.3, -0.25) is 4.90 Å². The maximum atomic E-state index is 10.2. The zero-order chi connectivity index (χ0) is 14.4. The average Bonchev–Trinajstić information content (AvgIpc) is 2.45. The summed E-state index contributed by atoms with van der Waals surface area (Å²) in [6, 6.07) is 7.90. The van der Waals surface area contributed by atoms with E-state index in [9.17, 15) is 8.76 Å². The monoisotopic (exact) mass is 314 g/mol. The highest BCUT2D eigenvalue weighted by atomic mass is 35.5. The second-order valence-corrected chi connectivity index (χ2v) is 5.75. The number of nitrogens with zero attached hydrogens (tertiary/aromatic N) is 1. The molecule has 0 saturated heterocycles. The van der Waals surface area contributed by atoms with Gasteiger partial charge in [-0.1, -0.05) is 29.8 Å². The molecule has 1 aliphatic heterocycles. The Morgan fingerprint density at radius 1 is 1.35 bits per heavy atom. The molecule has 1 atom stereocenters. The second-order valence-electron chi connectivity index (χ2n) is 4.67. The van der Waals surface area contributed by atoms with E-state index >= 15 is 0 Å². The summed E-state index contributed by atoms with van der Waals surface area (Å²) in [5.41, 5.74) is 2.56. The third-order valence-corrected chi connectivity index (χ3v) is 3.92. The van der Waals surface area contributed by atoms with Gasteiger partial charge in [0.25, 0.3) is 0 Å². The summed E-state index contributed by atoms with van der Waals surface area (Å²) in [5.74, 6) is 0. The van der Waals surface area contributed by atoms with Crippen molar-refractivity contribution in [2.75, 3.05) is 26.2 Å². The summed E-state index contributed by atoms with van der Waals surface area (Å²) in [6.07, 6.45) is 3.94. The minimum absolute atomic E-state index is 0.250. The van der Waals surface area contributed by atoms with Crippen molar-refractivity contribution in [2.45, 2.75) is 12.8 Å². The third kappa shape index (κ3) is 5.00. The highest BCUT2D eigenvalue weighted by molar-refractivity contribution is 7.74. The quantitative estimate of drug-likeness (QED) is 0.598. The largest absolute Gasteiger partial charge is 0.750 e. The van der Waals surface area contributed by atoms with Crippen LogP contribution in [-0.4, -0.2) is 39.9 Å². The molecule has 0 aliphatic carbocycles. The van der Waals surface area contributed by atoms with Crippen molar-refractivity contribution >= 4 is 28.5 Å². The maximum Gasteiger partial charge on any atom is 0.0842 e. The molecule has 110 valence electrons. The van der Waals surface area contributed by atoms with E-state index in [1.165, 1.54) is 11.1 Å². The molecule has 0 fully saturated rings. The van der Waals surface area contributed by atoms with E-state index in [2.05, 4.69) is 15.2 Å². The SMILES string of the molecule is O=S([O-])OCCCN1CC=C(c2ccc(Cl)cc2)CC1. The van der Waals surface area contributed by atoms with Gasteiger partial charge in [-0.2, -0.15) is 0 Å². The van der Waals surface area contributed by atoms with Crippen LogP contribution in [0.25, 0.3) is 5.57 Å². The Hall–Kier alpha value is -0.720. The van der Waals surface area contributed by atoms with E-state index in [1.807, 2.05) is 24.3 Å². The lowest BCUT2D eigenvalue weighted by atomic mass is 9.99. The van der Waals surface area contributed by atoms with Crippen LogP contribution in [0, 0.1) is 0 Å². The Kier molecular flexibility index (Phi) is 6.19. The van der Waals surface area contributed by atoms with Crippen LogP contribution in [0.1, 0.15) is 18.4 Å². The fraction of sp³-hybridized carbons (Fsp3) is 0.429. The molecule has 0 N–H and O–H groups in total. The first kappa shape index (κ1) is 15.7. The smallest absolute Gasteiger partial charge is 0.0842 e. The molecule has 0 radical (unpaired) electrons. The van der Waals surface area contributed by atoms with Gasteiger partial charge in [0, 0.05) is 24.7 Å². The zero-order valence-electron chi connectivity index (χ0n) is 11.1. The molecule has 1 aliphatic rings. The lowest BCUT2D eigenvalue weighted by Gasteiger charge is -2.26. The van der Waals surface area contributed by atoms with Crippen LogP contribution in [0.15, 0.2) is 30.3 Å². The summed E-state index contributed by atoms with van der Waals surface area (Å²) >= 11 is 3.49. The normalized spacial score (nSPS) is 17.8. The van der Waals surface area contributed by atoms with Crippen molar-refractivity contribution < 1.29 is 12.9 Å². The number of hydrogen-bond donors (Lipinski definition) is 0. The summed E-state index contributed by atoms with van der Waals surface area (Å²) in [6.45, 7) is 2.97. The van der Waals surface area contributed by atoms with Crippen molar-refractivity contribution in [1.82, 2.24) is 4.90 Å². The van der Waals surface area contributed by atoms with E-state index in [4.69, 9.17) is 11.6 Å². The zero-order valence-corrected chi connectivity index (χ0v) is 12.7. The minimum Gasteiger partial charge on any atom is -0.750 e. The molecule has 0 aromatic heterocycles. The van der Waals surface area contributed by atoms with Gasteiger partial charge in [0.2, 0.25) is 0 Å². The molecule has 20 heavy (non-hydrogen) atoms. The first-order valence-electron chi connectivity index (χ1n) is 6.55. The van der Waals surface area contributed by atoms with Gasteiger partial charge in [0.15, 0.2) is 0 Å². The van der Waals surface area contributed by atoms with Crippen LogP contribution in [0.3, 0.4) is 0 Å². The lowest BCUT2D eigenvalue weighted by molar-refractivity contribution is 0.245. The van der Waals surface area contributed by atoms with E-state index in [-0.39, 0.29) is 6.61 Å². The number of rotatable bonds is 6. The van der Waals surface area contributed by atoms with E-state index < -0.39 is 11.4 Å². The third-order valence-electron chi connectivity index (χ3n) is 3.31. The Balaban J connectivity index is 1.78. The molecule has 1 aromatic rings. The Labute approximate surface area is 126 Å². The highest BCUT2D eigenvalue weighted by Crippen LogP contribution is 2.23. The Morgan fingerprint density at radius 3 is 2.70 bits per heavy atom. The van der Waals surface area contributed by atoms with Crippen molar-refractivity contribution in [3.8, 4) is 0 Å². The van der Waals surface area contributed by atoms with Crippen LogP contribution >= 0.6 is 11.6 Å². The topological polar surface area (TPSA) is 52.6 Å². The van der Waals surface area contributed by atoms with Crippen molar-refractivity contribution in [3.63, 3.8) is 0 Å². The van der Waals surface area contributed by atoms with Crippen molar-refractivity contribution in [2.24, 2.45) is 0 Å². The number of halogens is 1. The number of benzene rings is 1. The fourth-order valence-electron chi connectivity index (χ4n) is 2.26. The molecule has 6 heteroatoms. The first-order chi connectivity index (χ1) is 9.65. The molecule has 2 rings (SSSR count). The Bertz CT molecular complexity index is 490. The second kappa shape index (κ2) is 7.90. The summed E-state index contributed by atoms with van der Waals surface area (Å²) in [7, 11) is 0. The van der Waals surface area contributed by atoms with Crippen molar-refractivity contribution in [3.05, 3.63) is 40.9 Å². The molecule has 4 nitrogen and oxygen atoms in total. The molecule has 1 aromatic carbocycles. The lowest BCUT2D eigenvalue weighted by Crippen LogP contribution is -2.30. The fourth-order valence-corrected chi connectivity index (χ4v) is 2.64. The van der Waals surface area contributed by atoms with Crippen molar-refractivity contribution in [1.29, 1.82) is 0 Å². The minimum atomic E-state index is -2.40. The average molecular weight is 315 g/mol. The van der Waals surface area contributed by atoms with Gasteiger partial charge in [-0.25, -0.2) is 4.21 Å². The molecule has 1 unspecified atom stereocenters. The standard InChI is InChI=1S/C14H18ClNO3S/c15-14-4-2-12(3-5-14)13-6-9-16(10-7-13)8-1-11-19-20(17)18/h2-6H,1,7-11H2,(H,17,18)/p-1. The summed E-state index contributed by atoms with van der Waals surface area (Å²) in [5, 5.41) is 0.752. The summed E-state index contributed by atoms with van der Waals surface area (Å²) in [4.78, 5) is 2.29. The van der Waals surface area contributed by atoms with Gasteiger partial charge in [-0.05, 0) is 36.1 Å².